The topological polar surface area (TPSA) is 32.3 Å². The van der Waals surface area contributed by atoms with Crippen molar-refractivity contribution >= 4 is 5.91 Å². The summed E-state index contributed by atoms with van der Waals surface area (Å²) < 4.78 is 79.9. The molecule has 9 heteroatoms. The van der Waals surface area contributed by atoms with E-state index >= 15 is 0 Å². The Bertz CT molecular complexity index is 1230. The molecule has 1 fully saturated rings. The van der Waals surface area contributed by atoms with E-state index < -0.39 is 35.4 Å². The zero-order chi connectivity index (χ0) is 29.8. The van der Waals surface area contributed by atoms with Crippen LogP contribution in [0.4, 0.5) is 26.3 Å². The predicted octanol–water partition coefficient (Wildman–Crippen LogP) is 8.24. The van der Waals surface area contributed by atoms with Crippen LogP contribution in [-0.4, -0.2) is 16.8 Å². The summed E-state index contributed by atoms with van der Waals surface area (Å²) in [5.74, 6) is -0.435. The first-order chi connectivity index (χ1) is 19.3. The lowest BCUT2D eigenvalue weighted by atomic mass is 9.74. The average molecular weight is 577 g/mol. The van der Waals surface area contributed by atoms with Gasteiger partial charge in [0, 0.05) is 25.7 Å². The van der Waals surface area contributed by atoms with Crippen LogP contribution in [0.1, 0.15) is 60.9 Å². The molecule has 0 aromatic heterocycles. The van der Waals surface area contributed by atoms with Gasteiger partial charge in [-0.2, -0.15) is 26.3 Å². The molecule has 4 rings (SSSR count). The molecule has 0 unspecified atom stereocenters. The number of halogens is 6. The summed E-state index contributed by atoms with van der Waals surface area (Å²) in [6, 6.07) is 21.5. The summed E-state index contributed by atoms with van der Waals surface area (Å²) in [6.07, 6.45) is -8.05. The Morgan fingerprint density at radius 1 is 0.829 bits per heavy atom. The SMILES string of the molecule is CC(C)[C@]1(C(=O)NCc2cc(C(F)(F)F)cc(C(F)(F)F)c2)CC[C@@H](N(Cc2ccccc2)Cc2ccccc2)C1. The van der Waals surface area contributed by atoms with Crippen molar-refractivity contribution in [1.82, 2.24) is 10.2 Å². The fourth-order valence-corrected chi connectivity index (χ4v) is 5.78. The molecule has 1 aliphatic rings. The molecule has 220 valence electrons. The highest BCUT2D eigenvalue weighted by molar-refractivity contribution is 5.83. The van der Waals surface area contributed by atoms with Gasteiger partial charge in [0.1, 0.15) is 0 Å². The van der Waals surface area contributed by atoms with Gasteiger partial charge >= 0.3 is 12.4 Å². The van der Waals surface area contributed by atoms with Crippen molar-refractivity contribution in [3.05, 3.63) is 107 Å². The van der Waals surface area contributed by atoms with Crippen LogP contribution < -0.4 is 5.32 Å². The van der Waals surface area contributed by atoms with Gasteiger partial charge in [-0.05, 0) is 60.1 Å². The molecule has 0 radical (unpaired) electrons. The number of rotatable bonds is 9. The van der Waals surface area contributed by atoms with Crippen molar-refractivity contribution in [3.63, 3.8) is 0 Å². The van der Waals surface area contributed by atoms with Crippen molar-refractivity contribution < 1.29 is 31.1 Å². The van der Waals surface area contributed by atoms with Gasteiger partial charge in [0.05, 0.1) is 16.5 Å². The second-order valence-corrected chi connectivity index (χ2v) is 11.2. The minimum Gasteiger partial charge on any atom is -0.352 e. The zero-order valence-corrected chi connectivity index (χ0v) is 23.0. The largest absolute Gasteiger partial charge is 0.416 e. The maximum atomic E-state index is 13.7. The monoisotopic (exact) mass is 576 g/mol. The molecule has 0 saturated heterocycles. The van der Waals surface area contributed by atoms with Crippen LogP contribution in [0.25, 0.3) is 0 Å². The third kappa shape index (κ3) is 7.50. The molecule has 41 heavy (non-hydrogen) atoms. The molecule has 1 saturated carbocycles. The Hall–Kier alpha value is -3.33. The van der Waals surface area contributed by atoms with Crippen LogP contribution in [-0.2, 0) is 36.8 Å². The Balaban J connectivity index is 1.54. The van der Waals surface area contributed by atoms with Crippen molar-refractivity contribution in [2.24, 2.45) is 11.3 Å². The van der Waals surface area contributed by atoms with Crippen LogP contribution in [0.15, 0.2) is 78.9 Å². The molecule has 3 nitrogen and oxygen atoms in total. The molecule has 1 aliphatic carbocycles. The molecule has 3 aromatic rings. The molecule has 0 bridgehead atoms. The Kier molecular flexibility index (Phi) is 9.16. The maximum Gasteiger partial charge on any atom is 0.416 e. The minimum atomic E-state index is -4.95. The van der Waals surface area contributed by atoms with Crippen LogP contribution in [0.3, 0.4) is 0 Å². The van der Waals surface area contributed by atoms with Crippen molar-refractivity contribution in [1.29, 1.82) is 0 Å². The van der Waals surface area contributed by atoms with Crippen LogP contribution >= 0.6 is 0 Å². The second-order valence-electron chi connectivity index (χ2n) is 11.2. The molecular formula is C32H34F6N2O. The number of amides is 1. The molecule has 0 aliphatic heterocycles. The smallest absolute Gasteiger partial charge is 0.352 e. The lowest BCUT2D eigenvalue weighted by Gasteiger charge is -2.35. The third-order valence-electron chi connectivity index (χ3n) is 8.15. The van der Waals surface area contributed by atoms with Gasteiger partial charge in [0.25, 0.3) is 0 Å². The van der Waals surface area contributed by atoms with Crippen LogP contribution in [0.5, 0.6) is 0 Å². The van der Waals surface area contributed by atoms with Gasteiger partial charge in [0.15, 0.2) is 0 Å². The molecule has 2 atom stereocenters. The lowest BCUT2D eigenvalue weighted by molar-refractivity contribution is -0.143. The number of carbonyl (C=O) groups excluding carboxylic acids is 1. The molecule has 1 N–H and O–H groups in total. The summed E-state index contributed by atoms with van der Waals surface area (Å²) >= 11 is 0. The van der Waals surface area contributed by atoms with E-state index in [4.69, 9.17) is 0 Å². The summed E-state index contributed by atoms with van der Waals surface area (Å²) in [5, 5.41) is 2.69. The highest BCUT2D eigenvalue weighted by Crippen LogP contribution is 2.47. The number of alkyl halides is 6. The zero-order valence-electron chi connectivity index (χ0n) is 23.0. The quantitative estimate of drug-likeness (QED) is 0.260. The molecule has 1 amide bonds. The number of hydrogen-bond acceptors (Lipinski definition) is 2. The van der Waals surface area contributed by atoms with Gasteiger partial charge in [-0.25, -0.2) is 0 Å². The van der Waals surface area contributed by atoms with E-state index in [0.29, 0.717) is 38.1 Å². The fourth-order valence-electron chi connectivity index (χ4n) is 5.78. The van der Waals surface area contributed by atoms with E-state index in [9.17, 15) is 31.1 Å². The van der Waals surface area contributed by atoms with Gasteiger partial charge in [-0.3, -0.25) is 9.69 Å². The summed E-state index contributed by atoms with van der Waals surface area (Å²) in [4.78, 5) is 16.0. The van der Waals surface area contributed by atoms with Crippen molar-refractivity contribution in [2.45, 2.75) is 71.1 Å². The van der Waals surface area contributed by atoms with E-state index in [0.717, 1.165) is 17.5 Å². The first kappa shape index (κ1) is 30.6. The molecular weight excluding hydrogens is 542 g/mol. The van der Waals surface area contributed by atoms with Gasteiger partial charge in [0.2, 0.25) is 5.91 Å². The van der Waals surface area contributed by atoms with E-state index in [1.54, 1.807) is 0 Å². The number of carbonyl (C=O) groups is 1. The minimum absolute atomic E-state index is 0.0638. The van der Waals surface area contributed by atoms with E-state index in [-0.39, 0.29) is 29.5 Å². The van der Waals surface area contributed by atoms with Gasteiger partial charge in [-0.15, -0.1) is 0 Å². The first-order valence-electron chi connectivity index (χ1n) is 13.7. The summed E-state index contributed by atoms with van der Waals surface area (Å²) in [6.45, 7) is 4.81. The molecule has 0 heterocycles. The molecule has 3 aromatic carbocycles. The Labute approximate surface area is 236 Å². The second kappa shape index (κ2) is 12.3. The summed E-state index contributed by atoms with van der Waals surface area (Å²) in [7, 11) is 0. The normalized spacial score (nSPS) is 19.6. The van der Waals surface area contributed by atoms with Crippen molar-refractivity contribution in [2.75, 3.05) is 0 Å². The Morgan fingerprint density at radius 3 is 1.76 bits per heavy atom. The number of benzene rings is 3. The third-order valence-corrected chi connectivity index (χ3v) is 8.15. The predicted molar refractivity (Wildman–Crippen MR) is 145 cm³/mol. The highest BCUT2D eigenvalue weighted by Gasteiger charge is 2.48. The standard InChI is InChI=1S/C32H34F6N2O/c1-22(2)30(29(41)39-19-25-15-26(31(33,34)35)17-27(16-25)32(36,37)38)14-13-28(18-30)40(20-23-9-5-3-6-10-23)21-24-11-7-4-8-12-24/h3-12,15-17,22,28H,13-14,18-21H2,1-2H3,(H,39,41)/t28-,30+/m1/s1. The lowest BCUT2D eigenvalue weighted by Crippen LogP contribution is -2.44. The summed E-state index contributed by atoms with van der Waals surface area (Å²) in [5.41, 5.74) is -1.56. The average Bonchev–Trinajstić information content (AvgIpc) is 3.39. The number of nitrogens with zero attached hydrogens (tertiary/aromatic N) is 1. The van der Waals surface area contributed by atoms with E-state index in [1.807, 2.05) is 50.2 Å². The fraction of sp³-hybridized carbons (Fsp3) is 0.406. The number of hydrogen-bond donors (Lipinski definition) is 1. The van der Waals surface area contributed by atoms with E-state index in [2.05, 4.69) is 34.5 Å². The Morgan fingerprint density at radius 2 is 1.32 bits per heavy atom. The van der Waals surface area contributed by atoms with Crippen LogP contribution in [0.2, 0.25) is 0 Å². The van der Waals surface area contributed by atoms with Crippen molar-refractivity contribution in [3.8, 4) is 0 Å². The van der Waals surface area contributed by atoms with Gasteiger partial charge < -0.3 is 5.32 Å². The number of nitrogens with one attached hydrogen (secondary N) is 1. The van der Waals surface area contributed by atoms with Gasteiger partial charge in [-0.1, -0.05) is 74.5 Å². The van der Waals surface area contributed by atoms with E-state index in [1.165, 1.54) is 0 Å². The molecule has 0 spiro atoms. The highest BCUT2D eigenvalue weighted by atomic mass is 19.4. The maximum absolute atomic E-state index is 13.7. The van der Waals surface area contributed by atoms with Crippen LogP contribution in [0, 0.1) is 11.3 Å². The first-order valence-corrected chi connectivity index (χ1v) is 13.7.